The van der Waals surface area contributed by atoms with E-state index in [0.717, 1.165) is 11.1 Å². The largest absolute Gasteiger partial charge is 0.423 e. The molecule has 0 aliphatic carbocycles. The Kier molecular flexibility index (Phi) is 2.26. The van der Waals surface area contributed by atoms with Gasteiger partial charge in [-0.1, -0.05) is 0 Å². The summed E-state index contributed by atoms with van der Waals surface area (Å²) in [5.41, 5.74) is 7.95. The average molecular weight is 205 g/mol. The van der Waals surface area contributed by atoms with E-state index in [1.54, 1.807) is 0 Å². The lowest BCUT2D eigenvalue weighted by Crippen LogP contribution is -2.25. The highest BCUT2D eigenvalue weighted by molar-refractivity contribution is 5.78. The van der Waals surface area contributed by atoms with Crippen molar-refractivity contribution in [2.75, 3.05) is 17.7 Å². The molecule has 0 bridgehead atoms. The summed E-state index contributed by atoms with van der Waals surface area (Å²) in [6.45, 7) is 4.17. The van der Waals surface area contributed by atoms with Gasteiger partial charge < -0.3 is 15.1 Å². The van der Waals surface area contributed by atoms with E-state index in [2.05, 4.69) is 18.8 Å². The fourth-order valence-electron chi connectivity index (χ4n) is 1.30. The SMILES string of the molecule is CC(C)N(C)c1nc2cc(N)ccc2o1. The first-order valence-electron chi connectivity index (χ1n) is 4.97. The highest BCUT2D eigenvalue weighted by Gasteiger charge is 2.12. The molecule has 0 fully saturated rings. The molecule has 0 saturated heterocycles. The molecule has 2 aromatic rings. The van der Waals surface area contributed by atoms with Gasteiger partial charge in [-0.3, -0.25) is 0 Å². The molecule has 4 heteroatoms. The topological polar surface area (TPSA) is 55.3 Å². The molecular formula is C11H15N3O. The number of hydrogen-bond donors (Lipinski definition) is 1. The average Bonchev–Trinajstić information content (AvgIpc) is 2.58. The molecule has 2 rings (SSSR count). The van der Waals surface area contributed by atoms with Crippen molar-refractivity contribution in [2.24, 2.45) is 0 Å². The minimum absolute atomic E-state index is 0.357. The summed E-state index contributed by atoms with van der Waals surface area (Å²) in [6.07, 6.45) is 0. The highest BCUT2D eigenvalue weighted by Crippen LogP contribution is 2.23. The lowest BCUT2D eigenvalue weighted by molar-refractivity contribution is 0.561. The first-order chi connectivity index (χ1) is 7.08. The normalized spacial score (nSPS) is 11.2. The second kappa shape index (κ2) is 3.46. The third-order valence-electron chi connectivity index (χ3n) is 2.48. The number of nitrogens with zero attached hydrogens (tertiary/aromatic N) is 2. The van der Waals surface area contributed by atoms with Crippen molar-refractivity contribution in [1.82, 2.24) is 4.98 Å². The Labute approximate surface area is 88.7 Å². The molecule has 0 spiro atoms. The maximum atomic E-state index is 5.67. The van der Waals surface area contributed by atoms with Crippen molar-refractivity contribution >= 4 is 22.8 Å². The van der Waals surface area contributed by atoms with E-state index in [0.29, 0.717) is 17.7 Å². The zero-order valence-corrected chi connectivity index (χ0v) is 9.19. The second-order valence-electron chi connectivity index (χ2n) is 3.93. The molecule has 15 heavy (non-hydrogen) atoms. The summed E-state index contributed by atoms with van der Waals surface area (Å²) in [4.78, 5) is 6.36. The Hall–Kier alpha value is -1.71. The zero-order valence-electron chi connectivity index (χ0n) is 9.19. The van der Waals surface area contributed by atoms with Gasteiger partial charge in [-0.25, -0.2) is 0 Å². The van der Waals surface area contributed by atoms with E-state index in [1.807, 2.05) is 30.1 Å². The van der Waals surface area contributed by atoms with E-state index >= 15 is 0 Å². The van der Waals surface area contributed by atoms with Gasteiger partial charge in [0.2, 0.25) is 0 Å². The van der Waals surface area contributed by atoms with Crippen molar-refractivity contribution in [3.05, 3.63) is 18.2 Å². The highest BCUT2D eigenvalue weighted by atomic mass is 16.4. The summed E-state index contributed by atoms with van der Waals surface area (Å²) in [5.74, 6) is 0. The molecule has 0 atom stereocenters. The summed E-state index contributed by atoms with van der Waals surface area (Å²) in [7, 11) is 1.96. The monoisotopic (exact) mass is 205 g/mol. The van der Waals surface area contributed by atoms with E-state index in [9.17, 15) is 0 Å². The number of aromatic nitrogens is 1. The lowest BCUT2D eigenvalue weighted by Gasteiger charge is -2.18. The quantitative estimate of drug-likeness (QED) is 0.764. The van der Waals surface area contributed by atoms with Crippen LogP contribution in [0.25, 0.3) is 11.1 Å². The van der Waals surface area contributed by atoms with E-state index in [1.165, 1.54) is 0 Å². The summed E-state index contributed by atoms with van der Waals surface area (Å²) >= 11 is 0. The third-order valence-corrected chi connectivity index (χ3v) is 2.48. The lowest BCUT2D eigenvalue weighted by atomic mass is 10.3. The molecule has 1 aromatic carbocycles. The minimum atomic E-state index is 0.357. The summed E-state index contributed by atoms with van der Waals surface area (Å²) in [5, 5.41) is 0. The van der Waals surface area contributed by atoms with Crippen LogP contribution in [-0.2, 0) is 0 Å². The smallest absolute Gasteiger partial charge is 0.298 e. The van der Waals surface area contributed by atoms with Gasteiger partial charge in [0.15, 0.2) is 5.58 Å². The van der Waals surface area contributed by atoms with Gasteiger partial charge >= 0.3 is 0 Å². The van der Waals surface area contributed by atoms with Gasteiger partial charge in [0.05, 0.1) is 0 Å². The van der Waals surface area contributed by atoms with Crippen LogP contribution in [0, 0.1) is 0 Å². The van der Waals surface area contributed by atoms with Crippen LogP contribution in [0.15, 0.2) is 22.6 Å². The molecule has 0 aliphatic heterocycles. The van der Waals surface area contributed by atoms with Crippen molar-refractivity contribution in [3.8, 4) is 0 Å². The molecule has 2 N–H and O–H groups in total. The predicted octanol–water partition coefficient (Wildman–Crippen LogP) is 2.25. The number of benzene rings is 1. The zero-order chi connectivity index (χ0) is 11.0. The Bertz CT molecular complexity index is 476. The standard InChI is InChI=1S/C11H15N3O/c1-7(2)14(3)11-13-9-6-8(12)4-5-10(9)15-11/h4-7H,12H2,1-3H3. The van der Waals surface area contributed by atoms with Gasteiger partial charge in [-0.05, 0) is 32.0 Å². The van der Waals surface area contributed by atoms with Crippen molar-refractivity contribution in [2.45, 2.75) is 19.9 Å². The first-order valence-corrected chi connectivity index (χ1v) is 4.97. The van der Waals surface area contributed by atoms with Crippen LogP contribution >= 0.6 is 0 Å². The van der Waals surface area contributed by atoms with E-state index in [4.69, 9.17) is 10.2 Å². The number of anilines is 2. The van der Waals surface area contributed by atoms with E-state index in [-0.39, 0.29) is 0 Å². The molecular weight excluding hydrogens is 190 g/mol. The van der Waals surface area contributed by atoms with Gasteiger partial charge in [0.25, 0.3) is 6.01 Å². The Morgan fingerprint density at radius 1 is 1.40 bits per heavy atom. The number of rotatable bonds is 2. The van der Waals surface area contributed by atoms with Gasteiger partial charge in [0, 0.05) is 18.8 Å². The van der Waals surface area contributed by atoms with Crippen LogP contribution in [0.5, 0.6) is 0 Å². The fourth-order valence-corrected chi connectivity index (χ4v) is 1.30. The fraction of sp³-hybridized carbons (Fsp3) is 0.364. The molecule has 1 aromatic heterocycles. The Morgan fingerprint density at radius 3 is 2.80 bits per heavy atom. The predicted molar refractivity (Wildman–Crippen MR) is 62.0 cm³/mol. The van der Waals surface area contributed by atoms with Crippen molar-refractivity contribution < 1.29 is 4.42 Å². The molecule has 1 heterocycles. The number of oxazole rings is 1. The van der Waals surface area contributed by atoms with Crippen molar-refractivity contribution in [1.29, 1.82) is 0 Å². The number of nitrogen functional groups attached to an aromatic ring is 1. The number of fused-ring (bicyclic) bond motifs is 1. The second-order valence-corrected chi connectivity index (χ2v) is 3.93. The molecule has 0 amide bonds. The Morgan fingerprint density at radius 2 is 2.13 bits per heavy atom. The summed E-state index contributed by atoms with van der Waals surface area (Å²) < 4.78 is 5.61. The van der Waals surface area contributed by atoms with Crippen LogP contribution in [0.3, 0.4) is 0 Å². The van der Waals surface area contributed by atoms with Gasteiger partial charge in [-0.2, -0.15) is 4.98 Å². The first kappa shape index (κ1) is 9.83. The maximum Gasteiger partial charge on any atom is 0.298 e. The van der Waals surface area contributed by atoms with Crippen LogP contribution in [0.2, 0.25) is 0 Å². The molecule has 0 saturated carbocycles. The van der Waals surface area contributed by atoms with Crippen LogP contribution < -0.4 is 10.6 Å². The maximum absolute atomic E-state index is 5.67. The molecule has 0 radical (unpaired) electrons. The number of nitrogens with two attached hydrogens (primary N) is 1. The minimum Gasteiger partial charge on any atom is -0.423 e. The summed E-state index contributed by atoms with van der Waals surface area (Å²) in [6, 6.07) is 6.46. The third kappa shape index (κ3) is 1.75. The molecule has 80 valence electrons. The number of hydrogen-bond acceptors (Lipinski definition) is 4. The molecule has 0 aliphatic rings. The van der Waals surface area contributed by atoms with E-state index < -0.39 is 0 Å². The van der Waals surface area contributed by atoms with Gasteiger partial charge in [0.1, 0.15) is 5.52 Å². The molecule has 4 nitrogen and oxygen atoms in total. The van der Waals surface area contributed by atoms with Crippen LogP contribution in [0.4, 0.5) is 11.7 Å². The van der Waals surface area contributed by atoms with Gasteiger partial charge in [-0.15, -0.1) is 0 Å². The van der Waals surface area contributed by atoms with Crippen LogP contribution in [-0.4, -0.2) is 18.1 Å². The Balaban J connectivity index is 2.47. The van der Waals surface area contributed by atoms with Crippen LogP contribution in [0.1, 0.15) is 13.8 Å². The molecule has 0 unspecified atom stereocenters. The van der Waals surface area contributed by atoms with Crippen molar-refractivity contribution in [3.63, 3.8) is 0 Å².